The summed E-state index contributed by atoms with van der Waals surface area (Å²) in [5.41, 5.74) is 2.57. The van der Waals surface area contributed by atoms with Crippen molar-refractivity contribution in [1.29, 1.82) is 0 Å². The summed E-state index contributed by atoms with van der Waals surface area (Å²) in [6, 6.07) is 0. The minimum absolute atomic E-state index is 0.917. The second kappa shape index (κ2) is 4.65. The van der Waals surface area contributed by atoms with E-state index >= 15 is 0 Å². The standard InChI is InChI=1S/C9H15BrN2/c1-3-4-5-9-8(6-10)7-12(2)11-9/h7H,3-6H2,1-2H3. The quantitative estimate of drug-likeness (QED) is 0.728. The minimum atomic E-state index is 0.917. The molecular formula is C9H15BrN2. The summed E-state index contributed by atoms with van der Waals surface area (Å²) in [5, 5.41) is 5.32. The molecule has 0 radical (unpaired) electrons. The first kappa shape index (κ1) is 9.78. The number of rotatable bonds is 4. The number of aromatic nitrogens is 2. The van der Waals surface area contributed by atoms with E-state index in [1.807, 2.05) is 11.7 Å². The Morgan fingerprint density at radius 1 is 1.58 bits per heavy atom. The van der Waals surface area contributed by atoms with Gasteiger partial charge in [0, 0.05) is 24.1 Å². The molecule has 1 aromatic heterocycles. The number of hydrogen-bond donors (Lipinski definition) is 0. The predicted molar refractivity (Wildman–Crippen MR) is 54.5 cm³/mol. The van der Waals surface area contributed by atoms with Gasteiger partial charge in [-0.3, -0.25) is 4.68 Å². The molecule has 0 aliphatic carbocycles. The molecule has 0 unspecified atom stereocenters. The lowest BCUT2D eigenvalue weighted by Crippen LogP contribution is -1.92. The zero-order valence-electron chi connectivity index (χ0n) is 7.68. The second-order valence-corrected chi connectivity index (χ2v) is 3.57. The van der Waals surface area contributed by atoms with E-state index in [1.165, 1.54) is 24.1 Å². The molecule has 0 aliphatic heterocycles. The van der Waals surface area contributed by atoms with Gasteiger partial charge >= 0.3 is 0 Å². The van der Waals surface area contributed by atoms with Gasteiger partial charge in [0.2, 0.25) is 0 Å². The average Bonchev–Trinajstić information content (AvgIpc) is 2.42. The van der Waals surface area contributed by atoms with E-state index in [0.29, 0.717) is 0 Å². The van der Waals surface area contributed by atoms with Crippen molar-refractivity contribution in [2.45, 2.75) is 31.5 Å². The molecule has 1 heterocycles. The molecule has 68 valence electrons. The maximum atomic E-state index is 4.41. The van der Waals surface area contributed by atoms with Crippen LogP contribution in [0, 0.1) is 0 Å². The van der Waals surface area contributed by atoms with Gasteiger partial charge in [0.25, 0.3) is 0 Å². The van der Waals surface area contributed by atoms with Crippen LogP contribution in [0.4, 0.5) is 0 Å². The first-order chi connectivity index (χ1) is 5.77. The molecule has 0 N–H and O–H groups in total. The van der Waals surface area contributed by atoms with Gasteiger partial charge in [-0.05, 0) is 12.8 Å². The molecule has 12 heavy (non-hydrogen) atoms. The van der Waals surface area contributed by atoms with Crippen LogP contribution in [0.2, 0.25) is 0 Å². The Kier molecular flexibility index (Phi) is 3.79. The number of alkyl halides is 1. The lowest BCUT2D eigenvalue weighted by atomic mass is 10.1. The van der Waals surface area contributed by atoms with Crippen LogP contribution in [0.25, 0.3) is 0 Å². The van der Waals surface area contributed by atoms with Crippen molar-refractivity contribution in [3.63, 3.8) is 0 Å². The fourth-order valence-corrected chi connectivity index (χ4v) is 1.72. The van der Waals surface area contributed by atoms with E-state index in [-0.39, 0.29) is 0 Å². The number of hydrogen-bond acceptors (Lipinski definition) is 1. The van der Waals surface area contributed by atoms with Gasteiger partial charge < -0.3 is 0 Å². The largest absolute Gasteiger partial charge is 0.275 e. The van der Waals surface area contributed by atoms with Crippen LogP contribution in [0.5, 0.6) is 0 Å². The van der Waals surface area contributed by atoms with Crippen LogP contribution in [0.15, 0.2) is 6.20 Å². The Hall–Kier alpha value is -0.310. The molecule has 0 aromatic carbocycles. The van der Waals surface area contributed by atoms with E-state index in [1.54, 1.807) is 0 Å². The maximum Gasteiger partial charge on any atom is 0.0664 e. The van der Waals surface area contributed by atoms with E-state index in [9.17, 15) is 0 Å². The Morgan fingerprint density at radius 2 is 2.33 bits per heavy atom. The topological polar surface area (TPSA) is 17.8 Å². The molecule has 0 fully saturated rings. The summed E-state index contributed by atoms with van der Waals surface area (Å²) >= 11 is 3.46. The van der Waals surface area contributed by atoms with Crippen molar-refractivity contribution in [2.24, 2.45) is 7.05 Å². The highest BCUT2D eigenvalue weighted by molar-refractivity contribution is 9.08. The number of nitrogens with zero attached hydrogens (tertiary/aromatic N) is 2. The number of aryl methyl sites for hydroxylation is 2. The highest BCUT2D eigenvalue weighted by atomic mass is 79.9. The fourth-order valence-electron chi connectivity index (χ4n) is 1.25. The van der Waals surface area contributed by atoms with Gasteiger partial charge in [-0.15, -0.1) is 0 Å². The van der Waals surface area contributed by atoms with Crippen LogP contribution in [-0.4, -0.2) is 9.78 Å². The molecule has 0 aliphatic rings. The van der Waals surface area contributed by atoms with Gasteiger partial charge in [-0.1, -0.05) is 29.3 Å². The average molecular weight is 231 g/mol. The lowest BCUT2D eigenvalue weighted by molar-refractivity contribution is 0.712. The van der Waals surface area contributed by atoms with E-state index in [2.05, 4.69) is 34.1 Å². The zero-order chi connectivity index (χ0) is 8.97. The minimum Gasteiger partial charge on any atom is -0.275 e. The van der Waals surface area contributed by atoms with Crippen LogP contribution >= 0.6 is 15.9 Å². The van der Waals surface area contributed by atoms with Crippen molar-refractivity contribution >= 4 is 15.9 Å². The maximum absolute atomic E-state index is 4.41. The van der Waals surface area contributed by atoms with E-state index < -0.39 is 0 Å². The highest BCUT2D eigenvalue weighted by Gasteiger charge is 2.04. The van der Waals surface area contributed by atoms with E-state index in [0.717, 1.165) is 11.8 Å². The van der Waals surface area contributed by atoms with Gasteiger partial charge in [-0.25, -0.2) is 0 Å². The van der Waals surface area contributed by atoms with Crippen molar-refractivity contribution in [2.75, 3.05) is 0 Å². The Labute approximate surface area is 82.1 Å². The molecule has 0 spiro atoms. The molecule has 2 nitrogen and oxygen atoms in total. The van der Waals surface area contributed by atoms with Crippen LogP contribution < -0.4 is 0 Å². The zero-order valence-corrected chi connectivity index (χ0v) is 9.26. The van der Waals surface area contributed by atoms with Gasteiger partial charge in [-0.2, -0.15) is 5.10 Å². The third-order valence-corrected chi connectivity index (χ3v) is 2.51. The summed E-state index contributed by atoms with van der Waals surface area (Å²) in [5.74, 6) is 0. The molecule has 0 atom stereocenters. The van der Waals surface area contributed by atoms with Crippen LogP contribution in [0.1, 0.15) is 31.0 Å². The fraction of sp³-hybridized carbons (Fsp3) is 0.667. The van der Waals surface area contributed by atoms with Gasteiger partial charge in [0.1, 0.15) is 0 Å². The summed E-state index contributed by atoms with van der Waals surface area (Å²) in [7, 11) is 1.97. The Balaban J connectivity index is 2.68. The number of halogens is 1. The third-order valence-electron chi connectivity index (χ3n) is 1.90. The van der Waals surface area contributed by atoms with Crippen LogP contribution in [0.3, 0.4) is 0 Å². The molecule has 0 saturated carbocycles. The van der Waals surface area contributed by atoms with Gasteiger partial charge in [0.15, 0.2) is 0 Å². The van der Waals surface area contributed by atoms with Gasteiger partial charge in [0.05, 0.1) is 5.69 Å². The lowest BCUT2D eigenvalue weighted by Gasteiger charge is -1.95. The van der Waals surface area contributed by atoms with Crippen molar-refractivity contribution in [3.05, 3.63) is 17.5 Å². The molecule has 1 rings (SSSR count). The molecule has 0 bridgehead atoms. The molecule has 0 saturated heterocycles. The van der Waals surface area contributed by atoms with E-state index in [4.69, 9.17) is 0 Å². The first-order valence-electron chi connectivity index (χ1n) is 4.35. The summed E-state index contributed by atoms with van der Waals surface area (Å²) in [4.78, 5) is 0. The summed E-state index contributed by atoms with van der Waals surface area (Å²) < 4.78 is 1.89. The van der Waals surface area contributed by atoms with Crippen LogP contribution in [-0.2, 0) is 18.8 Å². The smallest absolute Gasteiger partial charge is 0.0664 e. The second-order valence-electron chi connectivity index (χ2n) is 3.01. The number of unbranched alkanes of at least 4 members (excludes halogenated alkanes) is 1. The SMILES string of the molecule is CCCCc1nn(C)cc1CBr. The van der Waals surface area contributed by atoms with Crippen molar-refractivity contribution < 1.29 is 0 Å². The predicted octanol–water partition coefficient (Wildman–Crippen LogP) is 2.66. The highest BCUT2D eigenvalue weighted by Crippen LogP contribution is 2.12. The van der Waals surface area contributed by atoms with Crippen molar-refractivity contribution in [1.82, 2.24) is 9.78 Å². The summed E-state index contributed by atoms with van der Waals surface area (Å²) in [6.45, 7) is 2.21. The third kappa shape index (κ3) is 2.34. The van der Waals surface area contributed by atoms with Crippen molar-refractivity contribution in [3.8, 4) is 0 Å². The first-order valence-corrected chi connectivity index (χ1v) is 5.47. The molecule has 3 heteroatoms. The normalized spacial score (nSPS) is 10.6. The Bertz CT molecular complexity index is 243. The molecule has 1 aromatic rings. The molecular weight excluding hydrogens is 216 g/mol. The Morgan fingerprint density at radius 3 is 2.92 bits per heavy atom. The monoisotopic (exact) mass is 230 g/mol. The summed E-state index contributed by atoms with van der Waals surface area (Å²) in [6.07, 6.45) is 5.66. The molecule has 0 amide bonds.